The molecule has 1 unspecified atom stereocenters. The van der Waals surface area contributed by atoms with E-state index in [1.165, 1.54) is 6.42 Å². The summed E-state index contributed by atoms with van der Waals surface area (Å²) < 4.78 is 10.6. The molecule has 0 aliphatic rings. The summed E-state index contributed by atoms with van der Waals surface area (Å²) in [7, 11) is 1.73. The maximum atomic E-state index is 5.68. The van der Waals surface area contributed by atoms with Crippen LogP contribution in [0.5, 0.6) is 0 Å². The maximum Gasteiger partial charge on any atom is 0.0587 e. The molecule has 0 amide bonds. The summed E-state index contributed by atoms with van der Waals surface area (Å²) in [5, 5.41) is 3.32. The van der Waals surface area contributed by atoms with E-state index in [2.05, 4.69) is 26.1 Å². The molecule has 0 aromatic rings. The van der Waals surface area contributed by atoms with Gasteiger partial charge in [0.2, 0.25) is 0 Å². The lowest BCUT2D eigenvalue weighted by atomic mass is 10.1. The van der Waals surface area contributed by atoms with Crippen LogP contribution in [0, 0.1) is 5.92 Å². The van der Waals surface area contributed by atoms with Crippen LogP contribution in [0.1, 0.15) is 33.6 Å². The third-order valence-electron chi connectivity index (χ3n) is 2.55. The van der Waals surface area contributed by atoms with Gasteiger partial charge in [0.1, 0.15) is 0 Å². The fourth-order valence-electron chi connectivity index (χ4n) is 1.11. The van der Waals surface area contributed by atoms with Crippen LogP contribution in [0.2, 0.25) is 0 Å². The van der Waals surface area contributed by atoms with E-state index < -0.39 is 0 Å². The Bertz CT molecular complexity index is 129. The van der Waals surface area contributed by atoms with Crippen molar-refractivity contribution in [2.24, 2.45) is 5.92 Å². The zero-order valence-electron chi connectivity index (χ0n) is 10.7. The molecule has 3 heteroatoms. The second kappa shape index (κ2) is 10.4. The Kier molecular flexibility index (Phi) is 10.3. The summed E-state index contributed by atoms with van der Waals surface area (Å²) in [6.45, 7) is 10.2. The SMILES string of the molecule is COCCNCCCCOC(C)C(C)C. The molecule has 0 heterocycles. The first-order valence-corrected chi connectivity index (χ1v) is 5.99. The number of unbranched alkanes of at least 4 members (excludes halogenated alkanes) is 1. The Morgan fingerprint density at radius 3 is 2.33 bits per heavy atom. The van der Waals surface area contributed by atoms with Crippen LogP contribution in [0.3, 0.4) is 0 Å². The third-order valence-corrected chi connectivity index (χ3v) is 2.55. The minimum atomic E-state index is 0.381. The Morgan fingerprint density at radius 2 is 1.73 bits per heavy atom. The molecule has 0 aliphatic heterocycles. The highest BCUT2D eigenvalue weighted by atomic mass is 16.5. The van der Waals surface area contributed by atoms with E-state index in [9.17, 15) is 0 Å². The molecule has 0 aliphatic carbocycles. The van der Waals surface area contributed by atoms with Crippen LogP contribution in [0.4, 0.5) is 0 Å². The molecule has 15 heavy (non-hydrogen) atoms. The predicted octanol–water partition coefficient (Wildman–Crippen LogP) is 2.06. The van der Waals surface area contributed by atoms with Crippen LogP contribution in [-0.4, -0.2) is 39.5 Å². The number of hydrogen-bond acceptors (Lipinski definition) is 3. The summed E-state index contributed by atoms with van der Waals surface area (Å²) >= 11 is 0. The van der Waals surface area contributed by atoms with E-state index in [1.807, 2.05) is 0 Å². The van der Waals surface area contributed by atoms with Crippen molar-refractivity contribution in [2.45, 2.75) is 39.7 Å². The van der Waals surface area contributed by atoms with Crippen LogP contribution in [0.25, 0.3) is 0 Å². The van der Waals surface area contributed by atoms with Crippen LogP contribution in [-0.2, 0) is 9.47 Å². The van der Waals surface area contributed by atoms with Crippen LogP contribution >= 0.6 is 0 Å². The summed E-state index contributed by atoms with van der Waals surface area (Å²) in [5.74, 6) is 0.616. The Hall–Kier alpha value is -0.120. The van der Waals surface area contributed by atoms with Gasteiger partial charge >= 0.3 is 0 Å². The molecule has 3 nitrogen and oxygen atoms in total. The van der Waals surface area contributed by atoms with Gasteiger partial charge in [0.25, 0.3) is 0 Å². The lowest BCUT2D eigenvalue weighted by molar-refractivity contribution is 0.0334. The molecule has 0 rings (SSSR count). The molecule has 1 N–H and O–H groups in total. The topological polar surface area (TPSA) is 30.5 Å². The normalized spacial score (nSPS) is 13.4. The van der Waals surface area contributed by atoms with Crippen LogP contribution in [0.15, 0.2) is 0 Å². The zero-order valence-corrected chi connectivity index (χ0v) is 10.7. The maximum absolute atomic E-state index is 5.68. The highest BCUT2D eigenvalue weighted by Crippen LogP contribution is 2.05. The van der Waals surface area contributed by atoms with E-state index >= 15 is 0 Å². The Balaban J connectivity index is 3.05. The molecule has 1 atom stereocenters. The van der Waals surface area contributed by atoms with E-state index in [0.29, 0.717) is 12.0 Å². The van der Waals surface area contributed by atoms with Crippen molar-refractivity contribution < 1.29 is 9.47 Å². The average molecular weight is 217 g/mol. The lowest BCUT2D eigenvalue weighted by Gasteiger charge is -2.16. The number of rotatable bonds is 10. The minimum absolute atomic E-state index is 0.381. The molecule has 92 valence electrons. The molecule has 0 spiro atoms. The predicted molar refractivity (Wildman–Crippen MR) is 64.2 cm³/mol. The monoisotopic (exact) mass is 217 g/mol. The molecule has 0 fully saturated rings. The first kappa shape index (κ1) is 14.9. The molecule has 0 radical (unpaired) electrons. The third kappa shape index (κ3) is 10.2. The quantitative estimate of drug-likeness (QED) is 0.568. The number of ether oxygens (including phenoxy) is 2. The molecule has 0 aromatic heterocycles. The summed E-state index contributed by atoms with van der Waals surface area (Å²) in [5.41, 5.74) is 0. The highest BCUT2D eigenvalue weighted by molar-refractivity contribution is 4.55. The van der Waals surface area contributed by atoms with E-state index in [0.717, 1.165) is 32.7 Å². The smallest absolute Gasteiger partial charge is 0.0587 e. The van der Waals surface area contributed by atoms with E-state index in [-0.39, 0.29) is 0 Å². The van der Waals surface area contributed by atoms with Gasteiger partial charge in [-0.2, -0.15) is 0 Å². The van der Waals surface area contributed by atoms with Crippen molar-refractivity contribution in [3.63, 3.8) is 0 Å². The molecular formula is C12H27NO2. The van der Waals surface area contributed by atoms with Gasteiger partial charge in [-0.05, 0) is 32.2 Å². The summed E-state index contributed by atoms with van der Waals surface area (Å²) in [4.78, 5) is 0. The first-order valence-electron chi connectivity index (χ1n) is 5.99. The van der Waals surface area contributed by atoms with Gasteiger partial charge in [0.05, 0.1) is 12.7 Å². The molecule has 0 saturated carbocycles. The van der Waals surface area contributed by atoms with Crippen molar-refractivity contribution >= 4 is 0 Å². The van der Waals surface area contributed by atoms with Crippen LogP contribution < -0.4 is 5.32 Å². The Morgan fingerprint density at radius 1 is 1.00 bits per heavy atom. The van der Waals surface area contributed by atoms with Gasteiger partial charge in [0.15, 0.2) is 0 Å². The standard InChI is InChI=1S/C12H27NO2/c1-11(2)12(3)15-9-6-5-7-13-8-10-14-4/h11-13H,5-10H2,1-4H3. The minimum Gasteiger partial charge on any atom is -0.383 e. The van der Waals surface area contributed by atoms with Crippen molar-refractivity contribution in [1.29, 1.82) is 0 Å². The molecule has 0 bridgehead atoms. The van der Waals surface area contributed by atoms with Gasteiger partial charge in [-0.15, -0.1) is 0 Å². The van der Waals surface area contributed by atoms with Gasteiger partial charge in [-0.25, -0.2) is 0 Å². The van der Waals surface area contributed by atoms with E-state index in [4.69, 9.17) is 9.47 Å². The first-order chi connectivity index (χ1) is 7.18. The second-order valence-corrected chi connectivity index (χ2v) is 4.27. The van der Waals surface area contributed by atoms with Gasteiger partial charge in [-0.1, -0.05) is 13.8 Å². The fraction of sp³-hybridized carbons (Fsp3) is 1.00. The van der Waals surface area contributed by atoms with Crippen molar-refractivity contribution in [3.8, 4) is 0 Å². The number of methoxy groups -OCH3 is 1. The second-order valence-electron chi connectivity index (χ2n) is 4.27. The number of hydrogen-bond donors (Lipinski definition) is 1. The zero-order chi connectivity index (χ0) is 11.5. The van der Waals surface area contributed by atoms with E-state index in [1.54, 1.807) is 7.11 Å². The molecular weight excluding hydrogens is 190 g/mol. The van der Waals surface area contributed by atoms with Gasteiger partial charge in [-0.3, -0.25) is 0 Å². The average Bonchev–Trinajstić information content (AvgIpc) is 2.21. The lowest BCUT2D eigenvalue weighted by Crippen LogP contribution is -2.21. The fourth-order valence-corrected chi connectivity index (χ4v) is 1.11. The summed E-state index contributed by atoms with van der Waals surface area (Å²) in [6, 6.07) is 0. The Labute approximate surface area is 94.5 Å². The highest BCUT2D eigenvalue weighted by Gasteiger charge is 2.05. The van der Waals surface area contributed by atoms with Crippen molar-refractivity contribution in [2.75, 3.05) is 33.4 Å². The number of nitrogens with one attached hydrogen (secondary N) is 1. The molecule has 0 saturated heterocycles. The van der Waals surface area contributed by atoms with Crippen molar-refractivity contribution in [3.05, 3.63) is 0 Å². The molecule has 0 aromatic carbocycles. The largest absolute Gasteiger partial charge is 0.383 e. The van der Waals surface area contributed by atoms with Gasteiger partial charge < -0.3 is 14.8 Å². The summed E-state index contributed by atoms with van der Waals surface area (Å²) in [6.07, 6.45) is 2.69. The van der Waals surface area contributed by atoms with Gasteiger partial charge in [0, 0.05) is 20.3 Å². The van der Waals surface area contributed by atoms with Crippen molar-refractivity contribution in [1.82, 2.24) is 5.32 Å².